The van der Waals surface area contributed by atoms with Crippen LogP contribution >= 0.6 is 0 Å². The summed E-state index contributed by atoms with van der Waals surface area (Å²) in [5, 5.41) is 0. The van der Waals surface area contributed by atoms with Crippen molar-refractivity contribution >= 4 is 29.6 Å². The third-order valence-corrected chi connectivity index (χ3v) is 0. The summed E-state index contributed by atoms with van der Waals surface area (Å²) in [6.45, 7) is 0. The van der Waals surface area contributed by atoms with Crippen LogP contribution in [0.2, 0.25) is 0 Å². The van der Waals surface area contributed by atoms with Gasteiger partial charge in [0.1, 0.15) is 0 Å². The lowest BCUT2D eigenvalue weighted by molar-refractivity contribution is 4.02. The van der Waals surface area contributed by atoms with Crippen LogP contribution in [0, 0.1) is 0 Å². The molecule has 0 aliphatic heterocycles. The van der Waals surface area contributed by atoms with E-state index in [2.05, 4.69) is 15.5 Å². The maximum absolute atomic E-state index is 4.89. The lowest BCUT2D eigenvalue weighted by Gasteiger charge is -1.71. The summed E-state index contributed by atoms with van der Waals surface area (Å²) in [7, 11) is 11.5. The monoisotopic (exact) mass is 46.1 g/mol. The summed E-state index contributed by atoms with van der Waals surface area (Å²) in [5.74, 6) is 0. The Morgan fingerprint density at radius 3 is 1.50 bits per heavy atom. The summed E-state index contributed by atoms with van der Waals surface area (Å²) in [4.78, 5) is 0. The SMILES string of the molecule is [B]B([BH])[BH]. The zero-order chi connectivity index (χ0) is 3.58. The van der Waals surface area contributed by atoms with Crippen molar-refractivity contribution in [1.82, 2.24) is 0 Å². The molecule has 4 heavy (non-hydrogen) atoms. The normalized spacial score (nSPS) is 6.00. The second-order valence-corrected chi connectivity index (χ2v) is 0.760. The van der Waals surface area contributed by atoms with E-state index in [0.29, 0.717) is 0 Å². The van der Waals surface area contributed by atoms with Crippen molar-refractivity contribution in [1.29, 1.82) is 0 Å². The van der Waals surface area contributed by atoms with Crippen LogP contribution in [0.1, 0.15) is 0 Å². The van der Waals surface area contributed by atoms with Gasteiger partial charge in [-0.15, -0.1) is 0 Å². The van der Waals surface area contributed by atoms with Crippen molar-refractivity contribution in [2.24, 2.45) is 0 Å². The van der Waals surface area contributed by atoms with Crippen molar-refractivity contribution in [2.75, 3.05) is 0 Å². The highest BCUT2D eigenvalue weighted by Crippen LogP contribution is 1.35. The predicted molar refractivity (Wildman–Crippen MR) is 25.8 cm³/mol. The molecular weight excluding hydrogens is 43.2 g/mol. The second-order valence-electron chi connectivity index (χ2n) is 0.760. The highest BCUT2D eigenvalue weighted by atomic mass is 12.5. The van der Waals surface area contributed by atoms with Gasteiger partial charge in [0.2, 0.25) is 0 Å². The van der Waals surface area contributed by atoms with Gasteiger partial charge in [0.05, 0.1) is 0 Å². The van der Waals surface area contributed by atoms with Gasteiger partial charge in [-0.1, -0.05) is 0 Å². The predicted octanol–water partition coefficient (Wildman–Crippen LogP) is -2.06. The Kier molecular flexibility index (Phi) is 1.67. The van der Waals surface area contributed by atoms with E-state index in [1.54, 1.807) is 0 Å². The molecule has 0 amide bonds. The Morgan fingerprint density at radius 2 is 1.50 bits per heavy atom. The molecule has 0 nitrogen and oxygen atoms in total. The zero-order valence-electron chi connectivity index (χ0n) is 2.57. The lowest BCUT2D eigenvalue weighted by atomic mass is 9.08. The molecule has 0 unspecified atom stereocenters. The quantitative estimate of drug-likeness (QED) is 0.275. The standard InChI is InChI=1S/B4H2/c1-4(2)3/h1-2H. The summed E-state index contributed by atoms with van der Waals surface area (Å²) < 4.78 is 0. The van der Waals surface area contributed by atoms with E-state index in [4.69, 9.17) is 7.74 Å². The minimum atomic E-state index is -0.167. The zero-order valence-corrected chi connectivity index (χ0v) is 2.57. The Balaban J connectivity index is 2.32. The average Bonchev–Trinajstić information content (AvgIpc) is 0.811. The molecular formula is H2B4. The maximum Gasteiger partial charge on any atom is 0.0326 e. The highest BCUT2D eigenvalue weighted by Gasteiger charge is 1.75. The summed E-state index contributed by atoms with van der Waals surface area (Å²) in [6, 6.07) is 0. The summed E-state index contributed by atoms with van der Waals surface area (Å²) >= 11 is 0. The molecule has 0 aromatic heterocycles. The van der Waals surface area contributed by atoms with E-state index < -0.39 is 0 Å². The molecule has 4 radical (unpaired) electrons. The molecule has 0 saturated carbocycles. The van der Waals surface area contributed by atoms with Crippen molar-refractivity contribution in [3.8, 4) is 0 Å². The molecule has 4 heteroatoms. The fourth-order valence-corrected chi connectivity index (χ4v) is 0. The van der Waals surface area contributed by atoms with Crippen LogP contribution in [0.25, 0.3) is 0 Å². The van der Waals surface area contributed by atoms with E-state index in [0.717, 1.165) is 0 Å². The molecule has 0 heterocycles. The van der Waals surface area contributed by atoms with E-state index in [-0.39, 0.29) is 6.39 Å². The largest absolute Gasteiger partial charge is 0.0326 e. The van der Waals surface area contributed by atoms with E-state index in [1.807, 2.05) is 0 Å². The van der Waals surface area contributed by atoms with Crippen LogP contribution in [0.4, 0.5) is 0 Å². The molecule has 0 rings (SSSR count). The topological polar surface area (TPSA) is 0 Å². The molecule has 14 valence electrons. The van der Waals surface area contributed by atoms with Gasteiger partial charge in [-0.3, -0.25) is 0 Å². The van der Waals surface area contributed by atoms with Gasteiger partial charge in [0.25, 0.3) is 0 Å². The first kappa shape index (κ1) is 4.26. The van der Waals surface area contributed by atoms with Gasteiger partial charge in [-0.25, -0.2) is 0 Å². The molecule has 0 spiro atoms. The first-order valence-electron chi connectivity index (χ1n) is 1.15. The minimum absolute atomic E-state index is 0.167. The van der Waals surface area contributed by atoms with Crippen molar-refractivity contribution in [3.05, 3.63) is 0 Å². The molecule has 0 aromatic rings. The average molecular weight is 45.3 g/mol. The van der Waals surface area contributed by atoms with Gasteiger partial charge in [-0.2, -0.15) is 0 Å². The molecule has 0 bridgehead atoms. The van der Waals surface area contributed by atoms with Crippen molar-refractivity contribution < 1.29 is 0 Å². The number of rotatable bonds is 0. The summed E-state index contributed by atoms with van der Waals surface area (Å²) in [5.41, 5.74) is 0. The first-order chi connectivity index (χ1) is 1.73. The number of hydrogen-bond acceptors (Lipinski definition) is 0. The lowest BCUT2D eigenvalue weighted by Crippen LogP contribution is -2.11. The van der Waals surface area contributed by atoms with Crippen molar-refractivity contribution in [2.45, 2.75) is 0 Å². The minimum Gasteiger partial charge on any atom is 0.000864 e. The molecule has 0 atom stereocenters. The van der Waals surface area contributed by atoms with Crippen LogP contribution < -0.4 is 0 Å². The molecule has 0 aromatic carbocycles. The molecule has 0 saturated heterocycles. The molecule has 0 N–H and O–H groups in total. The van der Waals surface area contributed by atoms with Crippen LogP contribution in [0.3, 0.4) is 0 Å². The van der Waals surface area contributed by atoms with Crippen LogP contribution in [0.5, 0.6) is 0 Å². The second kappa shape index (κ2) is 1.57. The van der Waals surface area contributed by atoms with E-state index in [1.165, 1.54) is 0 Å². The third-order valence-electron chi connectivity index (χ3n) is 0. The first-order valence-corrected chi connectivity index (χ1v) is 1.15. The van der Waals surface area contributed by atoms with Gasteiger partial charge in [0, 0.05) is 29.6 Å². The van der Waals surface area contributed by atoms with Crippen LogP contribution in [-0.2, 0) is 0 Å². The fourth-order valence-electron chi connectivity index (χ4n) is 0. The van der Waals surface area contributed by atoms with Crippen molar-refractivity contribution in [3.63, 3.8) is 0 Å². The molecule has 0 aliphatic rings. The van der Waals surface area contributed by atoms with Crippen LogP contribution in [-0.4, -0.2) is 29.6 Å². The highest BCUT2D eigenvalue weighted by molar-refractivity contribution is 7.49. The van der Waals surface area contributed by atoms with E-state index >= 15 is 0 Å². The summed E-state index contributed by atoms with van der Waals surface area (Å²) in [6.07, 6.45) is -0.167. The fraction of sp³-hybridized carbons (Fsp3) is 0. The van der Waals surface area contributed by atoms with Gasteiger partial charge in [-0.05, 0) is 0 Å². The van der Waals surface area contributed by atoms with E-state index in [9.17, 15) is 0 Å². The van der Waals surface area contributed by atoms with Gasteiger partial charge < -0.3 is 0 Å². The Hall–Kier alpha value is 0.260. The molecule has 0 fully saturated rings. The Bertz CT molecular complexity index is 4.75. The third kappa shape index (κ3) is 53.2. The number of hydrogen-bond donors (Lipinski definition) is 0. The smallest absolute Gasteiger partial charge is 0.000864 e. The van der Waals surface area contributed by atoms with Crippen LogP contribution in [0.15, 0.2) is 0 Å². The van der Waals surface area contributed by atoms with Gasteiger partial charge in [0.15, 0.2) is 0 Å². The molecule has 0 aliphatic carbocycles. The van der Waals surface area contributed by atoms with Gasteiger partial charge >= 0.3 is 0 Å². The Morgan fingerprint density at radius 1 is 1.50 bits per heavy atom. The Labute approximate surface area is 30.6 Å². The maximum atomic E-state index is 4.89.